The van der Waals surface area contributed by atoms with Crippen molar-refractivity contribution in [3.63, 3.8) is 0 Å². The van der Waals surface area contributed by atoms with Gasteiger partial charge < -0.3 is 34.4 Å². The molecule has 0 radical (unpaired) electrons. The third kappa shape index (κ3) is 5.38. The Bertz CT molecular complexity index is 812. The highest BCUT2D eigenvalue weighted by molar-refractivity contribution is 5.90. The van der Waals surface area contributed by atoms with Crippen molar-refractivity contribution in [3.8, 4) is 11.5 Å². The molecule has 2 saturated heterocycles. The van der Waals surface area contributed by atoms with Gasteiger partial charge in [-0.1, -0.05) is 6.42 Å². The summed E-state index contributed by atoms with van der Waals surface area (Å²) in [6.07, 6.45) is 4.55. The Balaban J connectivity index is 1.34. The van der Waals surface area contributed by atoms with Crippen molar-refractivity contribution in [1.29, 1.82) is 0 Å². The minimum Gasteiger partial charge on any atom is -0.486 e. The monoisotopic (exact) mass is 445 g/mol. The first-order valence-corrected chi connectivity index (χ1v) is 11.7. The van der Waals surface area contributed by atoms with Crippen LogP contribution in [0.15, 0.2) is 18.2 Å². The van der Waals surface area contributed by atoms with Crippen LogP contribution in [0.4, 0.5) is 15.3 Å². The lowest BCUT2D eigenvalue weighted by atomic mass is 10.1. The summed E-state index contributed by atoms with van der Waals surface area (Å²) >= 11 is 0. The number of nitrogens with zero attached hydrogens (tertiary/aromatic N) is 4. The second-order valence-electron chi connectivity index (χ2n) is 8.95. The molecule has 4 amide bonds. The molecule has 0 saturated carbocycles. The predicted molar refractivity (Wildman–Crippen MR) is 123 cm³/mol. The van der Waals surface area contributed by atoms with Gasteiger partial charge in [-0.2, -0.15) is 0 Å². The van der Waals surface area contributed by atoms with E-state index in [4.69, 9.17) is 9.47 Å². The zero-order valence-electron chi connectivity index (χ0n) is 19.2. The molecule has 9 nitrogen and oxygen atoms in total. The van der Waals surface area contributed by atoms with Crippen LogP contribution in [0.25, 0.3) is 0 Å². The Morgan fingerprint density at radius 1 is 1.06 bits per heavy atom. The fraction of sp³-hybridized carbons (Fsp3) is 0.652. The fourth-order valence-electron chi connectivity index (χ4n) is 4.63. The molecule has 1 unspecified atom stereocenters. The number of fused-ring (bicyclic) bond motifs is 1. The van der Waals surface area contributed by atoms with E-state index in [0.29, 0.717) is 50.0 Å². The molecule has 1 N–H and O–H groups in total. The highest BCUT2D eigenvalue weighted by Gasteiger charge is 2.34. The van der Waals surface area contributed by atoms with E-state index < -0.39 is 0 Å². The summed E-state index contributed by atoms with van der Waals surface area (Å²) in [4.78, 5) is 33.6. The maximum atomic E-state index is 12.9. The number of urea groups is 2. The van der Waals surface area contributed by atoms with Gasteiger partial charge in [-0.05, 0) is 44.5 Å². The summed E-state index contributed by atoms with van der Waals surface area (Å²) in [6, 6.07) is 5.31. The molecule has 0 bridgehead atoms. The Kier molecular flexibility index (Phi) is 7.24. The van der Waals surface area contributed by atoms with Gasteiger partial charge in [0.15, 0.2) is 11.5 Å². The van der Waals surface area contributed by atoms with Crippen LogP contribution in [0.5, 0.6) is 11.5 Å². The smallest absolute Gasteiger partial charge is 0.321 e. The van der Waals surface area contributed by atoms with Crippen molar-refractivity contribution < 1.29 is 19.1 Å². The van der Waals surface area contributed by atoms with Crippen LogP contribution in [-0.2, 0) is 0 Å². The van der Waals surface area contributed by atoms with Crippen LogP contribution in [0.1, 0.15) is 25.7 Å². The van der Waals surface area contributed by atoms with Crippen LogP contribution in [0.2, 0.25) is 0 Å². The molecular weight excluding hydrogens is 410 g/mol. The van der Waals surface area contributed by atoms with E-state index in [-0.39, 0.29) is 18.1 Å². The van der Waals surface area contributed by atoms with E-state index in [0.717, 1.165) is 26.1 Å². The third-order valence-corrected chi connectivity index (χ3v) is 6.42. The van der Waals surface area contributed by atoms with Crippen molar-refractivity contribution >= 4 is 17.7 Å². The normalized spacial score (nSPS) is 20.7. The topological polar surface area (TPSA) is 77.6 Å². The molecule has 1 aromatic carbocycles. The number of hydrogen-bond acceptors (Lipinski definition) is 5. The number of likely N-dealkylation sites (tertiary alicyclic amines) is 2. The van der Waals surface area contributed by atoms with E-state index in [9.17, 15) is 9.59 Å². The fourth-order valence-corrected chi connectivity index (χ4v) is 4.63. The lowest BCUT2D eigenvalue weighted by Gasteiger charge is -2.34. The number of hydrogen-bond donors (Lipinski definition) is 1. The maximum absolute atomic E-state index is 12.9. The van der Waals surface area contributed by atoms with Crippen molar-refractivity contribution in [1.82, 2.24) is 19.6 Å². The molecule has 4 rings (SSSR count). The molecule has 3 heterocycles. The molecule has 176 valence electrons. The number of anilines is 1. The predicted octanol–water partition coefficient (Wildman–Crippen LogP) is 2.53. The first-order chi connectivity index (χ1) is 15.5. The molecule has 0 aliphatic carbocycles. The number of carbonyl (C=O) groups excluding carboxylic acids is 2. The van der Waals surface area contributed by atoms with Gasteiger partial charge in [0.05, 0.1) is 6.04 Å². The molecule has 0 spiro atoms. The first-order valence-electron chi connectivity index (χ1n) is 11.7. The average Bonchev–Trinajstić information content (AvgIpc) is 3.30. The molecule has 32 heavy (non-hydrogen) atoms. The lowest BCUT2D eigenvalue weighted by molar-refractivity contribution is 0.132. The zero-order valence-corrected chi connectivity index (χ0v) is 19.2. The van der Waals surface area contributed by atoms with Gasteiger partial charge in [0, 0.05) is 52.0 Å². The van der Waals surface area contributed by atoms with Crippen LogP contribution >= 0.6 is 0 Å². The second kappa shape index (κ2) is 10.3. The molecule has 1 atom stereocenters. The molecule has 1 aromatic rings. The number of ether oxygens (including phenoxy) is 2. The largest absolute Gasteiger partial charge is 0.486 e. The lowest BCUT2D eigenvalue weighted by Crippen LogP contribution is -2.50. The minimum absolute atomic E-state index is 0.0149. The highest BCUT2D eigenvalue weighted by Crippen LogP contribution is 2.32. The molecule has 0 aromatic heterocycles. The molecular formula is C23H35N5O4. The van der Waals surface area contributed by atoms with E-state index in [1.807, 2.05) is 17.0 Å². The van der Waals surface area contributed by atoms with Crippen molar-refractivity contribution in [2.45, 2.75) is 31.7 Å². The molecule has 9 heteroatoms. The Hall–Kier alpha value is -2.68. The van der Waals surface area contributed by atoms with Crippen molar-refractivity contribution in [2.75, 3.05) is 71.9 Å². The Labute approximate surface area is 190 Å². The van der Waals surface area contributed by atoms with Gasteiger partial charge in [-0.3, -0.25) is 0 Å². The first kappa shape index (κ1) is 22.5. The number of benzene rings is 1. The van der Waals surface area contributed by atoms with Gasteiger partial charge in [-0.25, -0.2) is 9.59 Å². The van der Waals surface area contributed by atoms with Crippen LogP contribution in [-0.4, -0.2) is 104 Å². The third-order valence-electron chi connectivity index (χ3n) is 6.42. The summed E-state index contributed by atoms with van der Waals surface area (Å²) in [5, 5.41) is 2.96. The second-order valence-corrected chi connectivity index (χ2v) is 8.95. The number of piperidine rings is 1. The average molecular weight is 446 g/mol. The SMILES string of the molecule is CN(C)C(=O)N(CCN1CCCCC1)C1CCN(C(=O)Nc2ccc3c(c2)OCCO3)C1. The van der Waals surface area contributed by atoms with Crippen molar-refractivity contribution in [2.24, 2.45) is 0 Å². The summed E-state index contributed by atoms with van der Waals surface area (Å²) in [6.45, 7) is 6.01. The zero-order chi connectivity index (χ0) is 22.5. The number of rotatable bonds is 5. The van der Waals surface area contributed by atoms with Gasteiger partial charge in [0.25, 0.3) is 0 Å². The van der Waals surface area contributed by atoms with E-state index in [2.05, 4.69) is 10.2 Å². The molecule has 3 aliphatic heterocycles. The van der Waals surface area contributed by atoms with Gasteiger partial charge in [0.2, 0.25) is 0 Å². The van der Waals surface area contributed by atoms with Gasteiger partial charge in [-0.15, -0.1) is 0 Å². The minimum atomic E-state index is -0.155. The quantitative estimate of drug-likeness (QED) is 0.754. The van der Waals surface area contributed by atoms with Gasteiger partial charge >= 0.3 is 12.1 Å². The summed E-state index contributed by atoms with van der Waals surface area (Å²) < 4.78 is 11.1. The summed E-state index contributed by atoms with van der Waals surface area (Å²) in [5.41, 5.74) is 0.675. The maximum Gasteiger partial charge on any atom is 0.321 e. The molecule has 2 fully saturated rings. The van der Waals surface area contributed by atoms with Gasteiger partial charge in [0.1, 0.15) is 13.2 Å². The standard InChI is InChI=1S/C23H35N5O4/c1-25(2)23(30)28(13-12-26-9-4-3-5-10-26)19-8-11-27(17-19)22(29)24-18-6-7-20-21(16-18)32-15-14-31-20/h6-7,16,19H,3-5,8-15,17H2,1-2H3,(H,24,29). The Morgan fingerprint density at radius 3 is 2.56 bits per heavy atom. The summed E-state index contributed by atoms with van der Waals surface area (Å²) in [5.74, 6) is 1.34. The van der Waals surface area contributed by atoms with Crippen LogP contribution in [0.3, 0.4) is 0 Å². The number of amides is 4. The number of nitrogens with one attached hydrogen (secondary N) is 1. The van der Waals surface area contributed by atoms with E-state index in [1.54, 1.807) is 30.0 Å². The summed E-state index contributed by atoms with van der Waals surface area (Å²) in [7, 11) is 3.58. The van der Waals surface area contributed by atoms with Crippen LogP contribution in [0, 0.1) is 0 Å². The number of carbonyl (C=O) groups is 2. The van der Waals surface area contributed by atoms with E-state index >= 15 is 0 Å². The van der Waals surface area contributed by atoms with E-state index in [1.165, 1.54) is 19.3 Å². The highest BCUT2D eigenvalue weighted by atomic mass is 16.6. The van der Waals surface area contributed by atoms with Crippen molar-refractivity contribution in [3.05, 3.63) is 18.2 Å². The van der Waals surface area contributed by atoms with Crippen LogP contribution < -0.4 is 14.8 Å². The molecule has 3 aliphatic rings. The Morgan fingerprint density at radius 2 is 1.81 bits per heavy atom.